The van der Waals surface area contributed by atoms with E-state index >= 15 is 0 Å². The van der Waals surface area contributed by atoms with E-state index in [1.165, 1.54) is 42.0 Å². The number of benzene rings is 1. The van der Waals surface area contributed by atoms with Crippen LogP contribution in [0.4, 0.5) is 14.7 Å². The highest BCUT2D eigenvalue weighted by Gasteiger charge is 2.32. The molecule has 2 N–H and O–H groups in total. The van der Waals surface area contributed by atoms with Gasteiger partial charge in [-0.2, -0.15) is 8.78 Å². The molecule has 1 saturated heterocycles. The average Bonchev–Trinajstić information content (AvgIpc) is 3.65. The monoisotopic (exact) mass is 541 g/mol. The van der Waals surface area contributed by atoms with Crippen LogP contribution >= 0.6 is 11.3 Å². The maximum absolute atomic E-state index is 14.2. The Labute approximate surface area is 220 Å². The Bertz CT molecular complexity index is 1480. The maximum atomic E-state index is 14.2. The molecule has 1 atom stereocenters. The zero-order chi connectivity index (χ0) is 26.9. The summed E-state index contributed by atoms with van der Waals surface area (Å²) in [5, 5.41) is 12.0. The van der Waals surface area contributed by atoms with Crippen molar-refractivity contribution >= 4 is 40.1 Å². The van der Waals surface area contributed by atoms with Crippen molar-refractivity contribution in [1.29, 1.82) is 0 Å². The third kappa shape index (κ3) is 4.96. The van der Waals surface area contributed by atoms with Gasteiger partial charge in [-0.05, 0) is 49.6 Å². The smallest absolute Gasteiger partial charge is 0.295 e. The molecule has 0 aliphatic carbocycles. The van der Waals surface area contributed by atoms with E-state index in [0.717, 1.165) is 4.88 Å². The number of nitrogens with zero attached hydrogens (tertiary/aromatic N) is 4. The molecule has 1 aliphatic rings. The second kappa shape index (κ2) is 10.5. The Morgan fingerprint density at radius 2 is 2.11 bits per heavy atom. The molecule has 9 nitrogen and oxygen atoms in total. The number of oxazole rings is 1. The summed E-state index contributed by atoms with van der Waals surface area (Å²) < 4.78 is 35.6. The Morgan fingerprint density at radius 1 is 1.26 bits per heavy atom. The zero-order valence-electron chi connectivity index (χ0n) is 20.3. The molecule has 1 aromatic carbocycles. The Morgan fingerprint density at radius 3 is 2.84 bits per heavy atom. The summed E-state index contributed by atoms with van der Waals surface area (Å²) >= 11 is 1.22. The van der Waals surface area contributed by atoms with Gasteiger partial charge in [0.2, 0.25) is 11.9 Å². The first-order valence-corrected chi connectivity index (χ1v) is 12.8. The normalized spacial score (nSPS) is 16.4. The number of aliphatic hydroxyl groups excluding tert-OH is 1. The first-order valence-electron chi connectivity index (χ1n) is 12.0. The first kappa shape index (κ1) is 25.7. The van der Waals surface area contributed by atoms with Crippen LogP contribution in [-0.2, 0) is 10.7 Å². The minimum Gasteiger partial charge on any atom is -0.443 e. The zero-order valence-corrected chi connectivity index (χ0v) is 21.1. The van der Waals surface area contributed by atoms with Gasteiger partial charge in [-0.25, -0.2) is 9.97 Å². The number of alkyl halides is 2. The lowest BCUT2D eigenvalue weighted by atomic mass is 10.1. The molecule has 4 aromatic rings. The van der Waals surface area contributed by atoms with E-state index in [0.29, 0.717) is 48.5 Å². The number of nitrogens with one attached hydrogen (secondary N) is 1. The fourth-order valence-electron chi connectivity index (χ4n) is 4.65. The van der Waals surface area contributed by atoms with Gasteiger partial charge in [0.05, 0.1) is 27.0 Å². The molecule has 12 heteroatoms. The van der Waals surface area contributed by atoms with Gasteiger partial charge in [0.15, 0.2) is 12.2 Å². The third-order valence-corrected chi connectivity index (χ3v) is 7.69. The van der Waals surface area contributed by atoms with Gasteiger partial charge in [0.25, 0.3) is 11.8 Å². The Kier molecular flexibility index (Phi) is 7.09. The fourth-order valence-corrected chi connectivity index (χ4v) is 5.51. The standard InChI is InChI=1S/C26H25F2N5O4S/c1-2-23(35)32-10-3-4-17(9-11-32)33-19-6-5-16(26(27,28)14-34)12-18(19)30-25(33)31-24(36)22-8-7-21(38-22)20-13-29-15-37-20/h2,5-8,12-13,15,17,34H,1,3-4,9-11,14H2,(H,30,31,36)/t17-/m1/s1. The number of amides is 2. The van der Waals surface area contributed by atoms with Crippen molar-refractivity contribution < 1.29 is 27.9 Å². The number of hydrogen-bond donors (Lipinski definition) is 2. The summed E-state index contributed by atoms with van der Waals surface area (Å²) in [7, 11) is 0. The van der Waals surface area contributed by atoms with Crippen LogP contribution in [0.1, 0.15) is 40.5 Å². The molecule has 4 heterocycles. The third-order valence-electron chi connectivity index (χ3n) is 6.59. The van der Waals surface area contributed by atoms with Crippen LogP contribution in [0.3, 0.4) is 0 Å². The predicted molar refractivity (Wildman–Crippen MR) is 138 cm³/mol. The van der Waals surface area contributed by atoms with Crippen LogP contribution in [0, 0.1) is 0 Å². The van der Waals surface area contributed by atoms with Crippen molar-refractivity contribution in [1.82, 2.24) is 19.4 Å². The number of likely N-dealkylation sites (tertiary alicyclic amines) is 1. The number of anilines is 1. The summed E-state index contributed by atoms with van der Waals surface area (Å²) in [5.74, 6) is -3.22. The number of halogens is 2. The lowest BCUT2D eigenvalue weighted by Gasteiger charge is -2.21. The minimum atomic E-state index is -3.43. The van der Waals surface area contributed by atoms with Crippen molar-refractivity contribution in [3.8, 4) is 10.6 Å². The van der Waals surface area contributed by atoms with Crippen LogP contribution in [-0.4, -0.2) is 56.1 Å². The van der Waals surface area contributed by atoms with Gasteiger partial charge in [0, 0.05) is 24.7 Å². The largest absolute Gasteiger partial charge is 0.443 e. The van der Waals surface area contributed by atoms with E-state index in [-0.39, 0.29) is 29.0 Å². The van der Waals surface area contributed by atoms with Crippen molar-refractivity contribution in [3.63, 3.8) is 0 Å². The van der Waals surface area contributed by atoms with Gasteiger partial charge in [-0.15, -0.1) is 11.3 Å². The molecule has 1 aliphatic heterocycles. The van der Waals surface area contributed by atoms with Crippen molar-refractivity contribution in [2.24, 2.45) is 0 Å². The van der Waals surface area contributed by atoms with Crippen LogP contribution < -0.4 is 5.32 Å². The minimum absolute atomic E-state index is 0.143. The number of carbonyl (C=O) groups is 2. The van der Waals surface area contributed by atoms with Crippen molar-refractivity contribution in [3.05, 3.63) is 66.0 Å². The molecule has 0 radical (unpaired) electrons. The van der Waals surface area contributed by atoms with E-state index in [9.17, 15) is 18.4 Å². The van der Waals surface area contributed by atoms with Crippen LogP contribution in [0.2, 0.25) is 0 Å². The summed E-state index contributed by atoms with van der Waals surface area (Å²) in [6.45, 7) is 3.29. The molecule has 2 amide bonds. The van der Waals surface area contributed by atoms with Gasteiger partial charge < -0.3 is 19.0 Å². The predicted octanol–water partition coefficient (Wildman–Crippen LogP) is 4.83. The van der Waals surface area contributed by atoms with Crippen molar-refractivity contribution in [2.75, 3.05) is 25.0 Å². The summed E-state index contributed by atoms with van der Waals surface area (Å²) in [6.07, 6.45) is 6.13. The number of thiophene rings is 1. The van der Waals surface area contributed by atoms with Gasteiger partial charge in [-0.3, -0.25) is 14.9 Å². The number of hydrogen-bond acceptors (Lipinski definition) is 7. The highest BCUT2D eigenvalue weighted by Crippen LogP contribution is 2.35. The lowest BCUT2D eigenvalue weighted by molar-refractivity contribution is -0.125. The van der Waals surface area contributed by atoms with Gasteiger partial charge in [-0.1, -0.05) is 12.6 Å². The maximum Gasteiger partial charge on any atom is 0.295 e. The number of carbonyl (C=O) groups excluding carboxylic acids is 2. The van der Waals surface area contributed by atoms with Gasteiger partial charge in [0.1, 0.15) is 6.61 Å². The van der Waals surface area contributed by atoms with E-state index in [1.807, 2.05) is 4.57 Å². The molecule has 0 unspecified atom stereocenters. The second-order valence-electron chi connectivity index (χ2n) is 8.97. The molecule has 3 aromatic heterocycles. The molecule has 0 spiro atoms. The van der Waals surface area contributed by atoms with Crippen LogP contribution in [0.15, 0.2) is 60.0 Å². The molecule has 1 fully saturated rings. The molecule has 0 bridgehead atoms. The van der Waals surface area contributed by atoms with Crippen molar-refractivity contribution in [2.45, 2.75) is 31.2 Å². The first-order chi connectivity index (χ1) is 18.3. The molecule has 198 valence electrons. The number of imidazole rings is 1. The summed E-state index contributed by atoms with van der Waals surface area (Å²) in [5.41, 5.74) is 0.469. The Hall–Kier alpha value is -3.90. The molecular formula is C26H25F2N5O4S. The van der Waals surface area contributed by atoms with E-state index in [2.05, 4.69) is 21.9 Å². The molecular weight excluding hydrogens is 516 g/mol. The SMILES string of the molecule is C=CC(=O)N1CCC[C@@H](n2c(NC(=O)c3ccc(-c4cnco4)s3)nc3cc(C(F)(F)CO)ccc32)CC1. The highest BCUT2D eigenvalue weighted by atomic mass is 32.1. The topological polar surface area (TPSA) is 113 Å². The molecule has 5 rings (SSSR count). The van der Waals surface area contributed by atoms with Crippen LogP contribution in [0.5, 0.6) is 0 Å². The number of rotatable bonds is 7. The number of aliphatic hydroxyl groups is 1. The molecule has 0 saturated carbocycles. The lowest BCUT2D eigenvalue weighted by Crippen LogP contribution is -2.30. The van der Waals surface area contributed by atoms with Gasteiger partial charge >= 0.3 is 0 Å². The van der Waals surface area contributed by atoms with E-state index in [1.54, 1.807) is 23.2 Å². The van der Waals surface area contributed by atoms with E-state index < -0.39 is 18.4 Å². The second-order valence-corrected chi connectivity index (χ2v) is 10.1. The quantitative estimate of drug-likeness (QED) is 0.324. The van der Waals surface area contributed by atoms with Crippen LogP contribution in [0.25, 0.3) is 21.7 Å². The summed E-state index contributed by atoms with van der Waals surface area (Å²) in [4.78, 5) is 36.7. The summed E-state index contributed by atoms with van der Waals surface area (Å²) in [6, 6.07) is 7.29. The number of aromatic nitrogens is 3. The number of fused-ring (bicyclic) bond motifs is 1. The Balaban J connectivity index is 1.50. The molecule has 38 heavy (non-hydrogen) atoms. The highest BCUT2D eigenvalue weighted by molar-refractivity contribution is 7.17. The van der Waals surface area contributed by atoms with E-state index in [4.69, 9.17) is 9.52 Å². The average molecular weight is 542 g/mol. The fraction of sp³-hybridized carbons (Fsp3) is 0.308.